The molecule has 1 rings (SSSR count). The molecule has 1 saturated carbocycles. The van der Waals surface area contributed by atoms with Crippen LogP contribution in [0.15, 0.2) is 0 Å². The van der Waals surface area contributed by atoms with Crippen molar-refractivity contribution in [3.63, 3.8) is 0 Å². The molecule has 0 aromatic rings. The van der Waals surface area contributed by atoms with E-state index in [0.717, 1.165) is 12.5 Å². The first-order valence-corrected chi connectivity index (χ1v) is 5.20. The summed E-state index contributed by atoms with van der Waals surface area (Å²) in [4.78, 5) is 2.45. The lowest BCUT2D eigenvalue weighted by Crippen LogP contribution is -2.40. The maximum Gasteiger partial charge on any atom is 0.0243 e. The van der Waals surface area contributed by atoms with Crippen molar-refractivity contribution in [1.82, 2.24) is 4.90 Å². The second kappa shape index (κ2) is 4.83. The second-order valence-corrected chi connectivity index (χ2v) is 3.97. The zero-order valence-electron chi connectivity index (χ0n) is 8.42. The number of rotatable bonds is 6. The third-order valence-corrected chi connectivity index (χ3v) is 2.84. The summed E-state index contributed by atoms with van der Waals surface area (Å²) in [5, 5.41) is 0. The van der Waals surface area contributed by atoms with Crippen molar-refractivity contribution in [2.24, 2.45) is 11.7 Å². The lowest BCUT2D eigenvalue weighted by atomic mass is 10.1. The van der Waals surface area contributed by atoms with Gasteiger partial charge in [-0.3, -0.25) is 0 Å². The largest absolute Gasteiger partial charge is 0.329 e. The highest BCUT2D eigenvalue weighted by Gasteiger charge is 2.32. The molecule has 0 aromatic heterocycles. The van der Waals surface area contributed by atoms with Crippen LogP contribution in [-0.2, 0) is 0 Å². The average Bonchev–Trinajstić information content (AvgIpc) is 2.86. The van der Waals surface area contributed by atoms with Crippen molar-refractivity contribution >= 4 is 0 Å². The lowest BCUT2D eigenvalue weighted by Gasteiger charge is -2.26. The van der Waals surface area contributed by atoms with Gasteiger partial charge in [-0.05, 0) is 38.8 Å². The highest BCUT2D eigenvalue weighted by atomic mass is 15.1. The molecule has 0 saturated heterocycles. The van der Waals surface area contributed by atoms with Crippen molar-refractivity contribution in [1.29, 1.82) is 0 Å². The third-order valence-electron chi connectivity index (χ3n) is 2.84. The van der Waals surface area contributed by atoms with Crippen molar-refractivity contribution in [2.75, 3.05) is 20.1 Å². The predicted octanol–water partition coefficient (Wildman–Crippen LogP) is 1.46. The summed E-state index contributed by atoms with van der Waals surface area (Å²) in [6.07, 6.45) is 5.39. The topological polar surface area (TPSA) is 29.3 Å². The monoisotopic (exact) mass is 170 g/mol. The van der Waals surface area contributed by atoms with Gasteiger partial charge in [0.25, 0.3) is 0 Å². The molecule has 2 N–H and O–H groups in total. The molecule has 2 nitrogen and oxygen atoms in total. The van der Waals surface area contributed by atoms with E-state index in [1.165, 1.54) is 32.2 Å². The Morgan fingerprint density at radius 1 is 1.50 bits per heavy atom. The number of hydrogen-bond donors (Lipinski definition) is 1. The maximum atomic E-state index is 5.74. The van der Waals surface area contributed by atoms with Gasteiger partial charge in [0.1, 0.15) is 0 Å². The smallest absolute Gasteiger partial charge is 0.0243 e. The van der Waals surface area contributed by atoms with Crippen molar-refractivity contribution in [3.05, 3.63) is 0 Å². The zero-order chi connectivity index (χ0) is 8.97. The van der Waals surface area contributed by atoms with Crippen molar-refractivity contribution in [3.8, 4) is 0 Å². The fourth-order valence-corrected chi connectivity index (χ4v) is 1.79. The molecule has 0 aromatic carbocycles. The fraction of sp³-hybridized carbons (Fsp3) is 1.00. The lowest BCUT2D eigenvalue weighted by molar-refractivity contribution is 0.220. The van der Waals surface area contributed by atoms with Gasteiger partial charge in [0.15, 0.2) is 0 Å². The van der Waals surface area contributed by atoms with Crippen LogP contribution >= 0.6 is 0 Å². The van der Waals surface area contributed by atoms with E-state index in [1.807, 2.05) is 0 Å². The normalized spacial score (nSPS) is 20.0. The van der Waals surface area contributed by atoms with Crippen LogP contribution in [0.4, 0.5) is 0 Å². The van der Waals surface area contributed by atoms with Crippen molar-refractivity contribution < 1.29 is 0 Å². The van der Waals surface area contributed by atoms with Crippen LogP contribution in [0.5, 0.6) is 0 Å². The number of hydrogen-bond acceptors (Lipinski definition) is 2. The minimum Gasteiger partial charge on any atom is -0.329 e. The molecule has 72 valence electrons. The maximum absolute atomic E-state index is 5.74. The van der Waals surface area contributed by atoms with Gasteiger partial charge in [-0.1, -0.05) is 13.3 Å². The summed E-state index contributed by atoms with van der Waals surface area (Å²) in [6.45, 7) is 4.29. The van der Waals surface area contributed by atoms with Crippen LogP contribution in [0.3, 0.4) is 0 Å². The molecule has 0 spiro atoms. The van der Waals surface area contributed by atoms with Gasteiger partial charge in [-0.15, -0.1) is 0 Å². The van der Waals surface area contributed by atoms with E-state index < -0.39 is 0 Å². The molecule has 1 atom stereocenters. The van der Waals surface area contributed by atoms with E-state index in [-0.39, 0.29) is 0 Å². The van der Waals surface area contributed by atoms with Gasteiger partial charge in [0.2, 0.25) is 0 Å². The summed E-state index contributed by atoms with van der Waals surface area (Å²) >= 11 is 0. The second-order valence-electron chi connectivity index (χ2n) is 3.97. The van der Waals surface area contributed by atoms with Gasteiger partial charge in [0.05, 0.1) is 0 Å². The quantitative estimate of drug-likeness (QED) is 0.654. The summed E-state index contributed by atoms with van der Waals surface area (Å²) in [7, 11) is 2.21. The van der Waals surface area contributed by atoms with E-state index in [4.69, 9.17) is 5.73 Å². The third kappa shape index (κ3) is 2.76. The molecular formula is C10H22N2. The van der Waals surface area contributed by atoms with Gasteiger partial charge in [-0.25, -0.2) is 0 Å². The molecule has 0 amide bonds. The van der Waals surface area contributed by atoms with Crippen LogP contribution in [0, 0.1) is 5.92 Å². The van der Waals surface area contributed by atoms with Crippen LogP contribution in [0.25, 0.3) is 0 Å². The van der Waals surface area contributed by atoms with Gasteiger partial charge in [-0.2, -0.15) is 0 Å². The highest BCUT2D eigenvalue weighted by Crippen LogP contribution is 2.34. The van der Waals surface area contributed by atoms with Crippen LogP contribution in [-0.4, -0.2) is 31.1 Å². The summed E-state index contributed by atoms with van der Waals surface area (Å²) in [6, 6.07) is 0.663. The fourth-order valence-electron chi connectivity index (χ4n) is 1.79. The summed E-state index contributed by atoms with van der Waals surface area (Å²) in [5.41, 5.74) is 5.74. The van der Waals surface area contributed by atoms with E-state index in [9.17, 15) is 0 Å². The molecule has 1 fully saturated rings. The highest BCUT2D eigenvalue weighted by molar-refractivity contribution is 4.87. The zero-order valence-corrected chi connectivity index (χ0v) is 8.42. The van der Waals surface area contributed by atoms with Gasteiger partial charge >= 0.3 is 0 Å². The van der Waals surface area contributed by atoms with E-state index in [2.05, 4.69) is 18.9 Å². The Labute approximate surface area is 76.1 Å². The molecular weight excluding hydrogens is 148 g/mol. The first kappa shape index (κ1) is 10.0. The molecule has 1 aliphatic rings. The minimum absolute atomic E-state index is 0.663. The molecule has 1 unspecified atom stereocenters. The molecule has 0 bridgehead atoms. The SMILES string of the molecule is CCCCN(C)C(CN)C1CC1. The standard InChI is InChI=1S/C10H22N2/c1-3-4-7-12(2)10(8-11)9-5-6-9/h9-10H,3-8,11H2,1-2H3. The molecule has 0 heterocycles. The number of nitrogens with two attached hydrogens (primary N) is 1. The number of likely N-dealkylation sites (N-methyl/N-ethyl adjacent to an activating group) is 1. The van der Waals surface area contributed by atoms with Crippen LogP contribution in [0.1, 0.15) is 32.6 Å². The Hall–Kier alpha value is -0.0800. The number of nitrogens with zero attached hydrogens (tertiary/aromatic N) is 1. The Bertz CT molecular complexity index is 121. The number of unbranched alkanes of at least 4 members (excludes halogenated alkanes) is 1. The first-order chi connectivity index (χ1) is 5.79. The Morgan fingerprint density at radius 3 is 2.58 bits per heavy atom. The molecule has 12 heavy (non-hydrogen) atoms. The van der Waals surface area contributed by atoms with Crippen molar-refractivity contribution in [2.45, 2.75) is 38.6 Å². The molecule has 0 radical (unpaired) electrons. The van der Waals surface area contributed by atoms with E-state index >= 15 is 0 Å². The first-order valence-electron chi connectivity index (χ1n) is 5.20. The molecule has 1 aliphatic carbocycles. The Kier molecular flexibility index (Phi) is 4.02. The van der Waals surface area contributed by atoms with Crippen LogP contribution < -0.4 is 5.73 Å². The van der Waals surface area contributed by atoms with Gasteiger partial charge in [0, 0.05) is 12.6 Å². The summed E-state index contributed by atoms with van der Waals surface area (Å²) < 4.78 is 0. The van der Waals surface area contributed by atoms with Gasteiger partial charge < -0.3 is 10.6 Å². The molecule has 0 aliphatic heterocycles. The summed E-state index contributed by atoms with van der Waals surface area (Å²) in [5.74, 6) is 0.914. The van der Waals surface area contributed by atoms with E-state index in [0.29, 0.717) is 6.04 Å². The minimum atomic E-state index is 0.663. The molecule has 2 heteroatoms. The Morgan fingerprint density at radius 2 is 2.17 bits per heavy atom. The Balaban J connectivity index is 2.21. The average molecular weight is 170 g/mol. The van der Waals surface area contributed by atoms with E-state index in [1.54, 1.807) is 0 Å². The van der Waals surface area contributed by atoms with Crippen LogP contribution in [0.2, 0.25) is 0 Å². The predicted molar refractivity (Wildman–Crippen MR) is 53.1 cm³/mol.